The van der Waals surface area contributed by atoms with Crippen molar-refractivity contribution in [2.24, 2.45) is 0 Å². The Hall–Kier alpha value is -0.300. The van der Waals surface area contributed by atoms with Crippen LogP contribution in [0.5, 0.6) is 5.75 Å². The molecule has 1 aromatic heterocycles. The maximum absolute atomic E-state index is 10.4. The number of nitrogens with zero attached hydrogens (tertiary/aromatic N) is 1. The second-order valence-corrected chi connectivity index (χ2v) is 4.24. The second kappa shape index (κ2) is 10.4. The zero-order valence-corrected chi connectivity index (χ0v) is 16.4. The number of oxazole rings is 1. The van der Waals surface area contributed by atoms with Gasteiger partial charge in [0.15, 0.2) is 5.89 Å². The molecule has 7 heteroatoms. The number of phenolic OH excluding ortho intramolecular Hbond substituents is 1. The van der Waals surface area contributed by atoms with Gasteiger partial charge >= 0.3 is 65.1 Å². The van der Waals surface area contributed by atoms with E-state index in [9.17, 15) is 9.90 Å². The number of unbranched alkanes of at least 4 members (excludes halogenated alkanes) is 1. The molecule has 104 valence electrons. The van der Waals surface area contributed by atoms with Crippen LogP contribution in [-0.4, -0.2) is 21.2 Å². The van der Waals surface area contributed by atoms with Gasteiger partial charge in [0.05, 0.1) is 0 Å². The van der Waals surface area contributed by atoms with Crippen molar-refractivity contribution in [3.05, 3.63) is 36.4 Å². The molecule has 1 aromatic carbocycles. The molecule has 0 bridgehead atoms. The summed E-state index contributed by atoms with van der Waals surface area (Å²) in [6.45, 7) is 0. The first-order valence-corrected chi connectivity index (χ1v) is 6.11. The van der Waals surface area contributed by atoms with Crippen LogP contribution in [0.4, 0.5) is 0 Å². The average molecular weight is 309 g/mol. The number of rotatable bonds is 6. The largest absolute Gasteiger partial charge is 1.00 e. The predicted octanol–water partition coefficient (Wildman–Crippen LogP) is -2.92. The molecule has 1 heterocycles. The molecule has 21 heavy (non-hydrogen) atoms. The van der Waals surface area contributed by atoms with Crippen LogP contribution in [0.25, 0.3) is 11.3 Å². The van der Waals surface area contributed by atoms with E-state index in [1.165, 1.54) is 6.26 Å². The van der Waals surface area contributed by atoms with Gasteiger partial charge in [0, 0.05) is 18.4 Å². The number of aryl methyl sites for hydroxylation is 1. The summed E-state index contributed by atoms with van der Waals surface area (Å²) in [4.78, 5) is 14.7. The number of carbonyl (C=O) groups is 1. The fourth-order valence-electron chi connectivity index (χ4n) is 1.79. The molecule has 2 N–H and O–H groups in total. The smallest absolute Gasteiger partial charge is 1.00 e. The Balaban J connectivity index is -0.000001000. The van der Waals surface area contributed by atoms with E-state index in [4.69, 9.17) is 9.52 Å². The topological polar surface area (TPSA) is 83.6 Å². The third kappa shape index (κ3) is 6.55. The summed E-state index contributed by atoms with van der Waals surface area (Å²) in [6, 6.07) is 6.92. The molecule has 0 fully saturated rings. The number of benzene rings is 1. The fourth-order valence-corrected chi connectivity index (χ4v) is 1.79. The molecule has 0 atom stereocenters. The van der Waals surface area contributed by atoms with Crippen LogP contribution < -0.4 is 59.1 Å². The third-order valence-electron chi connectivity index (χ3n) is 2.76. The van der Waals surface area contributed by atoms with Crippen molar-refractivity contribution in [2.75, 3.05) is 0 Å². The van der Waals surface area contributed by atoms with Gasteiger partial charge in [0.25, 0.3) is 0 Å². The van der Waals surface area contributed by atoms with Gasteiger partial charge in [-0.2, -0.15) is 0 Å². The molecule has 0 radical (unpaired) electrons. The van der Waals surface area contributed by atoms with E-state index in [1.807, 2.05) is 6.07 Å². The Morgan fingerprint density at radius 3 is 2.62 bits per heavy atom. The fraction of sp³-hybridized carbons (Fsp3) is 0.286. The second-order valence-electron chi connectivity index (χ2n) is 4.24. The Kier molecular flexibility index (Phi) is 10.3. The summed E-state index contributed by atoms with van der Waals surface area (Å²) < 4.78 is 5.31. The number of carboxylic acid groups (broad SMARTS) is 1. The van der Waals surface area contributed by atoms with Gasteiger partial charge in [-0.1, -0.05) is 12.1 Å². The van der Waals surface area contributed by atoms with Gasteiger partial charge in [-0.15, -0.1) is 0 Å². The SMILES string of the molecule is O=C(O)CCCCc1nc(-c2ccccc2O)co1.[H-].[H-].[Na+].[Na+]. The van der Waals surface area contributed by atoms with Crippen molar-refractivity contribution in [3.63, 3.8) is 0 Å². The molecule has 0 aliphatic heterocycles. The first kappa shape index (κ1) is 20.7. The van der Waals surface area contributed by atoms with Crippen LogP contribution in [0.2, 0.25) is 0 Å². The van der Waals surface area contributed by atoms with Crippen molar-refractivity contribution in [2.45, 2.75) is 25.7 Å². The van der Waals surface area contributed by atoms with E-state index in [1.54, 1.807) is 18.2 Å². The predicted molar refractivity (Wildman–Crippen MR) is 71.0 cm³/mol. The quantitative estimate of drug-likeness (QED) is 0.441. The molecule has 5 nitrogen and oxygen atoms in total. The van der Waals surface area contributed by atoms with Crippen LogP contribution in [0.15, 0.2) is 34.9 Å². The van der Waals surface area contributed by atoms with E-state index < -0.39 is 5.97 Å². The number of aromatic hydroxyl groups is 1. The number of aliphatic carboxylic acids is 1. The molecule has 2 rings (SSSR count). The summed E-state index contributed by atoms with van der Waals surface area (Å²) in [6.07, 6.45) is 3.58. The molecular formula is C14H17NNa2O4. The number of para-hydroxylation sites is 1. The Morgan fingerprint density at radius 2 is 1.95 bits per heavy atom. The molecular weight excluding hydrogens is 292 g/mol. The van der Waals surface area contributed by atoms with Crippen molar-refractivity contribution >= 4 is 5.97 Å². The van der Waals surface area contributed by atoms with Crippen LogP contribution in [-0.2, 0) is 11.2 Å². The molecule has 0 amide bonds. The first-order chi connectivity index (χ1) is 9.16. The van der Waals surface area contributed by atoms with Crippen molar-refractivity contribution in [1.82, 2.24) is 4.98 Å². The molecule has 0 unspecified atom stereocenters. The summed E-state index contributed by atoms with van der Waals surface area (Å²) in [5.74, 6) is -0.0702. The summed E-state index contributed by atoms with van der Waals surface area (Å²) in [5, 5.41) is 18.2. The van der Waals surface area contributed by atoms with Crippen molar-refractivity contribution in [3.8, 4) is 17.0 Å². The van der Waals surface area contributed by atoms with Crippen LogP contribution in [0, 0.1) is 0 Å². The zero-order valence-electron chi connectivity index (χ0n) is 14.4. The van der Waals surface area contributed by atoms with E-state index in [2.05, 4.69) is 4.98 Å². The van der Waals surface area contributed by atoms with E-state index in [-0.39, 0.29) is 74.1 Å². The minimum Gasteiger partial charge on any atom is -1.00 e. The Labute approximate surface area is 170 Å². The number of hydrogen-bond acceptors (Lipinski definition) is 4. The van der Waals surface area contributed by atoms with Crippen LogP contribution in [0.1, 0.15) is 28.0 Å². The van der Waals surface area contributed by atoms with Gasteiger partial charge < -0.3 is 17.5 Å². The number of phenols is 1. The van der Waals surface area contributed by atoms with Gasteiger partial charge in [-0.05, 0) is 25.0 Å². The normalized spacial score (nSPS) is 9.52. The number of hydrogen-bond donors (Lipinski definition) is 2. The molecule has 0 saturated heterocycles. The molecule has 0 aliphatic carbocycles. The Morgan fingerprint density at radius 1 is 1.24 bits per heavy atom. The number of carboxylic acids is 1. The maximum atomic E-state index is 10.4. The van der Waals surface area contributed by atoms with E-state index in [0.717, 1.165) is 0 Å². The van der Waals surface area contributed by atoms with Crippen LogP contribution in [0.3, 0.4) is 0 Å². The maximum Gasteiger partial charge on any atom is 1.00 e. The van der Waals surface area contributed by atoms with Gasteiger partial charge in [0.2, 0.25) is 0 Å². The standard InChI is InChI=1S/C14H15NO4.2Na.2H/c16-12-6-2-1-5-10(12)11-9-19-13(15-11)7-3-4-8-14(17)18;;;;/h1-2,5-6,9,16H,3-4,7-8H2,(H,17,18);;;;/q;2*+1;2*-1. The average Bonchev–Trinajstić information content (AvgIpc) is 2.83. The zero-order chi connectivity index (χ0) is 13.7. The first-order valence-electron chi connectivity index (χ1n) is 6.11. The number of aromatic nitrogens is 1. The minimum absolute atomic E-state index is 0. The van der Waals surface area contributed by atoms with Gasteiger partial charge in [0.1, 0.15) is 17.7 Å². The van der Waals surface area contributed by atoms with Crippen molar-refractivity contribution in [1.29, 1.82) is 0 Å². The van der Waals surface area contributed by atoms with E-state index >= 15 is 0 Å². The third-order valence-corrected chi connectivity index (χ3v) is 2.76. The molecule has 0 saturated carbocycles. The Bertz CT molecular complexity index is 581. The summed E-state index contributed by atoms with van der Waals surface area (Å²) >= 11 is 0. The van der Waals surface area contributed by atoms with Crippen LogP contribution >= 0.6 is 0 Å². The van der Waals surface area contributed by atoms with Gasteiger partial charge in [-0.25, -0.2) is 4.98 Å². The summed E-state index contributed by atoms with van der Waals surface area (Å²) in [5.41, 5.74) is 1.22. The molecule has 2 aromatic rings. The molecule has 0 spiro atoms. The monoisotopic (exact) mass is 309 g/mol. The van der Waals surface area contributed by atoms with E-state index in [0.29, 0.717) is 36.4 Å². The molecule has 0 aliphatic rings. The van der Waals surface area contributed by atoms with Gasteiger partial charge in [-0.3, -0.25) is 4.79 Å². The minimum atomic E-state index is -0.790. The van der Waals surface area contributed by atoms with Crippen molar-refractivity contribution < 1.29 is 81.4 Å². The summed E-state index contributed by atoms with van der Waals surface area (Å²) in [7, 11) is 0.